The summed E-state index contributed by atoms with van der Waals surface area (Å²) >= 11 is 3.41. The van der Waals surface area contributed by atoms with Crippen molar-refractivity contribution in [1.29, 1.82) is 0 Å². The molecule has 0 aromatic heterocycles. The van der Waals surface area contributed by atoms with Gasteiger partial charge >= 0.3 is 12.0 Å². The molecule has 1 heterocycles. The van der Waals surface area contributed by atoms with Gasteiger partial charge in [-0.15, -0.1) is 0 Å². The molecule has 0 spiro atoms. The highest BCUT2D eigenvalue weighted by Crippen LogP contribution is 2.25. The quantitative estimate of drug-likeness (QED) is 0.482. The molecule has 3 rings (SSSR count). The first-order valence-corrected chi connectivity index (χ1v) is 8.66. The van der Waals surface area contributed by atoms with Gasteiger partial charge < -0.3 is 10.1 Å². The number of nitrogens with zero attached hydrogens (tertiary/aromatic N) is 1. The minimum atomic E-state index is -0.965. The number of amides is 3. The van der Waals surface area contributed by atoms with E-state index in [1.54, 1.807) is 26.0 Å². The number of halogens is 1. The molecule has 25 heavy (non-hydrogen) atoms. The number of carbonyl (C=O) groups is 3. The first-order valence-electron chi connectivity index (χ1n) is 7.86. The molecular formula is C18H17BrN2O4. The van der Waals surface area contributed by atoms with Gasteiger partial charge in [0, 0.05) is 4.47 Å². The smallest absolute Gasteiger partial charge is 0.331 e. The molecule has 1 aliphatic rings. The number of nitrogens with one attached hydrogen (secondary N) is 1. The topological polar surface area (TPSA) is 75.7 Å². The predicted octanol–water partition coefficient (Wildman–Crippen LogP) is 3.23. The number of esters is 1. The SMILES string of the molecule is CCC1(C)NC(=O)N(CC(=O)Oc2ccc3cc(Br)ccc3c2)C1=O. The third kappa shape index (κ3) is 3.37. The highest BCUT2D eigenvalue weighted by Gasteiger charge is 2.47. The average molecular weight is 405 g/mol. The van der Waals surface area contributed by atoms with Crippen LogP contribution in [0.1, 0.15) is 20.3 Å². The second-order valence-electron chi connectivity index (χ2n) is 6.13. The van der Waals surface area contributed by atoms with Crippen molar-refractivity contribution in [2.24, 2.45) is 0 Å². The number of urea groups is 1. The van der Waals surface area contributed by atoms with E-state index >= 15 is 0 Å². The standard InChI is InChI=1S/C18H17BrN2O4/c1-3-18(2)16(23)21(17(24)20-18)10-15(22)25-14-7-5-11-8-13(19)6-4-12(11)9-14/h4-9H,3,10H2,1-2H3,(H,20,24). The Kier molecular flexibility index (Phi) is 4.51. The van der Waals surface area contributed by atoms with E-state index in [1.165, 1.54) is 0 Å². The summed E-state index contributed by atoms with van der Waals surface area (Å²) in [5.41, 5.74) is -0.965. The van der Waals surface area contributed by atoms with Crippen LogP contribution >= 0.6 is 15.9 Å². The van der Waals surface area contributed by atoms with Gasteiger partial charge in [0.05, 0.1) is 0 Å². The van der Waals surface area contributed by atoms with Gasteiger partial charge in [-0.05, 0) is 48.4 Å². The lowest BCUT2D eigenvalue weighted by Gasteiger charge is -2.18. The molecule has 1 fully saturated rings. The number of ether oxygens (including phenoxy) is 1. The maximum atomic E-state index is 12.3. The Hall–Kier alpha value is -2.41. The minimum Gasteiger partial charge on any atom is -0.425 e. The molecule has 7 heteroatoms. The van der Waals surface area contributed by atoms with Crippen LogP contribution in [0.2, 0.25) is 0 Å². The van der Waals surface area contributed by atoms with Crippen molar-refractivity contribution in [1.82, 2.24) is 10.2 Å². The maximum Gasteiger partial charge on any atom is 0.331 e. The maximum absolute atomic E-state index is 12.3. The predicted molar refractivity (Wildman–Crippen MR) is 96.2 cm³/mol. The summed E-state index contributed by atoms with van der Waals surface area (Å²) in [5.74, 6) is -0.717. The van der Waals surface area contributed by atoms with E-state index in [0.717, 1.165) is 20.1 Å². The van der Waals surface area contributed by atoms with Gasteiger partial charge in [-0.3, -0.25) is 9.69 Å². The second-order valence-corrected chi connectivity index (χ2v) is 7.05. The lowest BCUT2D eigenvalue weighted by Crippen LogP contribution is -2.43. The zero-order valence-electron chi connectivity index (χ0n) is 13.8. The molecule has 2 aromatic carbocycles. The van der Waals surface area contributed by atoms with Crippen LogP contribution in [-0.2, 0) is 9.59 Å². The van der Waals surface area contributed by atoms with Crippen molar-refractivity contribution in [2.45, 2.75) is 25.8 Å². The van der Waals surface area contributed by atoms with Crippen molar-refractivity contribution in [3.63, 3.8) is 0 Å². The van der Waals surface area contributed by atoms with Crippen LogP contribution in [0, 0.1) is 0 Å². The normalized spacial score (nSPS) is 20.0. The summed E-state index contributed by atoms with van der Waals surface area (Å²) in [6.07, 6.45) is 0.448. The van der Waals surface area contributed by atoms with Crippen LogP contribution in [-0.4, -0.2) is 34.9 Å². The molecule has 1 aliphatic heterocycles. The van der Waals surface area contributed by atoms with Gasteiger partial charge in [0.15, 0.2) is 0 Å². The van der Waals surface area contributed by atoms with E-state index in [2.05, 4.69) is 21.2 Å². The van der Waals surface area contributed by atoms with Gasteiger partial charge in [-0.25, -0.2) is 9.59 Å². The second kappa shape index (κ2) is 6.48. The lowest BCUT2D eigenvalue weighted by atomic mass is 9.99. The molecule has 0 radical (unpaired) electrons. The van der Waals surface area contributed by atoms with Gasteiger partial charge in [-0.1, -0.05) is 35.0 Å². The van der Waals surface area contributed by atoms with Crippen molar-refractivity contribution < 1.29 is 19.1 Å². The Balaban J connectivity index is 1.72. The Morgan fingerprint density at radius 1 is 1.20 bits per heavy atom. The first-order chi connectivity index (χ1) is 11.8. The van der Waals surface area contributed by atoms with E-state index < -0.39 is 30.0 Å². The molecule has 1 unspecified atom stereocenters. The lowest BCUT2D eigenvalue weighted by molar-refractivity contribution is -0.140. The van der Waals surface area contributed by atoms with Crippen LogP contribution < -0.4 is 10.1 Å². The number of carbonyl (C=O) groups excluding carboxylic acids is 3. The van der Waals surface area contributed by atoms with Crippen LogP contribution in [0.15, 0.2) is 40.9 Å². The molecule has 0 saturated carbocycles. The fourth-order valence-electron chi connectivity index (χ4n) is 2.68. The number of fused-ring (bicyclic) bond motifs is 1. The average Bonchev–Trinajstić information content (AvgIpc) is 2.79. The summed E-state index contributed by atoms with van der Waals surface area (Å²) < 4.78 is 6.25. The molecule has 1 N–H and O–H groups in total. The van der Waals surface area contributed by atoms with E-state index in [9.17, 15) is 14.4 Å². The molecular weight excluding hydrogens is 388 g/mol. The molecule has 0 bridgehead atoms. The van der Waals surface area contributed by atoms with Crippen LogP contribution in [0.3, 0.4) is 0 Å². The first kappa shape index (κ1) is 17.4. The minimum absolute atomic E-state index is 0.366. The van der Waals surface area contributed by atoms with Gasteiger partial charge in [-0.2, -0.15) is 0 Å². The van der Waals surface area contributed by atoms with Crippen molar-refractivity contribution >= 4 is 44.6 Å². The fraction of sp³-hybridized carbons (Fsp3) is 0.278. The highest BCUT2D eigenvalue weighted by atomic mass is 79.9. The number of imide groups is 1. The summed E-state index contributed by atoms with van der Waals surface area (Å²) in [4.78, 5) is 37.3. The molecule has 1 saturated heterocycles. The molecule has 6 nitrogen and oxygen atoms in total. The van der Waals surface area contributed by atoms with Crippen LogP contribution in [0.4, 0.5) is 4.79 Å². The van der Waals surface area contributed by atoms with Gasteiger partial charge in [0.1, 0.15) is 17.8 Å². The monoisotopic (exact) mass is 404 g/mol. The molecule has 3 amide bonds. The van der Waals surface area contributed by atoms with Crippen molar-refractivity contribution in [2.75, 3.05) is 6.54 Å². The van der Waals surface area contributed by atoms with Crippen molar-refractivity contribution in [3.05, 3.63) is 40.9 Å². The Bertz CT molecular complexity index is 883. The number of hydrogen-bond acceptors (Lipinski definition) is 4. The zero-order valence-corrected chi connectivity index (χ0v) is 15.4. The molecule has 2 aromatic rings. The summed E-state index contributed by atoms with van der Waals surface area (Å²) in [6.45, 7) is 3.02. The largest absolute Gasteiger partial charge is 0.425 e. The summed E-state index contributed by atoms with van der Waals surface area (Å²) in [5, 5.41) is 4.52. The Labute approximate surface area is 153 Å². The highest BCUT2D eigenvalue weighted by molar-refractivity contribution is 9.10. The van der Waals surface area contributed by atoms with E-state index in [1.807, 2.05) is 24.3 Å². The van der Waals surface area contributed by atoms with E-state index in [4.69, 9.17) is 4.74 Å². The summed E-state index contributed by atoms with van der Waals surface area (Å²) in [7, 11) is 0. The van der Waals surface area contributed by atoms with Gasteiger partial charge in [0.25, 0.3) is 5.91 Å². The number of rotatable bonds is 4. The molecule has 130 valence electrons. The van der Waals surface area contributed by atoms with E-state index in [0.29, 0.717) is 12.2 Å². The molecule has 1 atom stereocenters. The van der Waals surface area contributed by atoms with Crippen LogP contribution in [0.5, 0.6) is 5.75 Å². The fourth-order valence-corrected chi connectivity index (χ4v) is 3.06. The zero-order chi connectivity index (χ0) is 18.2. The third-order valence-electron chi connectivity index (χ3n) is 4.34. The third-order valence-corrected chi connectivity index (χ3v) is 4.84. The number of benzene rings is 2. The summed E-state index contributed by atoms with van der Waals surface area (Å²) in [6, 6.07) is 10.4. The number of hydrogen-bond donors (Lipinski definition) is 1. The van der Waals surface area contributed by atoms with Crippen LogP contribution in [0.25, 0.3) is 10.8 Å². The Morgan fingerprint density at radius 3 is 2.56 bits per heavy atom. The van der Waals surface area contributed by atoms with Gasteiger partial charge in [0.2, 0.25) is 0 Å². The van der Waals surface area contributed by atoms with E-state index in [-0.39, 0.29) is 0 Å². The Morgan fingerprint density at radius 2 is 1.88 bits per heavy atom. The van der Waals surface area contributed by atoms with Crippen molar-refractivity contribution in [3.8, 4) is 5.75 Å². The molecule has 0 aliphatic carbocycles.